The number of hydrogen-bond acceptors (Lipinski definition) is 3. The molecule has 0 fully saturated rings. The van der Waals surface area contributed by atoms with Crippen LogP contribution >= 0.6 is 0 Å². The summed E-state index contributed by atoms with van der Waals surface area (Å²) < 4.78 is 5.65. The van der Waals surface area contributed by atoms with Crippen LogP contribution in [0.3, 0.4) is 0 Å². The van der Waals surface area contributed by atoms with Gasteiger partial charge in [-0.2, -0.15) is 0 Å². The van der Waals surface area contributed by atoms with Gasteiger partial charge in [0.15, 0.2) is 0 Å². The third-order valence-corrected chi connectivity index (χ3v) is 4.68. The molecular formula is C24H24O3. The fraction of sp³-hybridized carbons (Fsp3) is 0.208. The van der Waals surface area contributed by atoms with Gasteiger partial charge in [-0.3, -0.25) is 0 Å². The first kappa shape index (κ1) is 18.7. The molecular weight excluding hydrogens is 336 g/mol. The lowest BCUT2D eigenvalue weighted by molar-refractivity contribution is 0.0732. The molecule has 3 aromatic carbocycles. The third kappa shape index (κ3) is 4.20. The molecule has 0 heterocycles. The molecule has 0 radical (unpaired) electrons. The average Bonchev–Trinajstić information content (AvgIpc) is 2.63. The number of esters is 1. The number of carbonyl (C=O) groups is 1. The highest BCUT2D eigenvalue weighted by Gasteiger charge is 2.14. The van der Waals surface area contributed by atoms with Crippen LogP contribution in [0.25, 0.3) is 0 Å². The quantitative estimate of drug-likeness (QED) is 0.498. The molecule has 0 atom stereocenters. The second kappa shape index (κ2) is 7.67. The first-order chi connectivity index (χ1) is 12.8. The van der Waals surface area contributed by atoms with E-state index in [-0.39, 0.29) is 5.97 Å². The maximum atomic E-state index is 12.4. The van der Waals surface area contributed by atoms with E-state index < -0.39 is 0 Å². The fourth-order valence-corrected chi connectivity index (χ4v) is 3.41. The number of aryl methyl sites for hydroxylation is 4. The molecule has 0 unspecified atom stereocenters. The van der Waals surface area contributed by atoms with Crippen molar-refractivity contribution in [3.05, 3.63) is 93.5 Å². The third-order valence-electron chi connectivity index (χ3n) is 4.68. The number of hydrogen-bond donors (Lipinski definition) is 1. The lowest BCUT2D eigenvalue weighted by Gasteiger charge is -2.14. The van der Waals surface area contributed by atoms with Crippen LogP contribution in [0, 0.1) is 27.7 Å². The van der Waals surface area contributed by atoms with Crippen LogP contribution in [-0.2, 0) is 6.42 Å². The average molecular weight is 360 g/mol. The van der Waals surface area contributed by atoms with Crippen molar-refractivity contribution in [1.29, 1.82) is 0 Å². The van der Waals surface area contributed by atoms with E-state index in [1.165, 1.54) is 0 Å². The van der Waals surface area contributed by atoms with E-state index in [0.29, 0.717) is 17.1 Å². The van der Waals surface area contributed by atoms with Crippen molar-refractivity contribution in [3.63, 3.8) is 0 Å². The summed E-state index contributed by atoms with van der Waals surface area (Å²) in [5.41, 5.74) is 6.46. The van der Waals surface area contributed by atoms with E-state index >= 15 is 0 Å². The molecule has 3 heteroatoms. The summed E-state index contributed by atoms with van der Waals surface area (Å²) in [7, 11) is 0. The molecule has 3 rings (SSSR count). The highest BCUT2D eigenvalue weighted by Crippen LogP contribution is 2.29. The van der Waals surface area contributed by atoms with Crippen molar-refractivity contribution in [2.75, 3.05) is 0 Å². The normalized spacial score (nSPS) is 10.7. The zero-order chi connectivity index (χ0) is 19.6. The van der Waals surface area contributed by atoms with Gasteiger partial charge in [0.2, 0.25) is 0 Å². The Balaban J connectivity index is 1.84. The van der Waals surface area contributed by atoms with Gasteiger partial charge in [-0.05, 0) is 79.6 Å². The highest BCUT2D eigenvalue weighted by molar-refractivity contribution is 5.91. The second-order valence-electron chi connectivity index (χ2n) is 7.07. The fourth-order valence-electron chi connectivity index (χ4n) is 3.41. The van der Waals surface area contributed by atoms with Gasteiger partial charge in [0.25, 0.3) is 0 Å². The van der Waals surface area contributed by atoms with E-state index in [1.807, 2.05) is 58.0 Å². The monoisotopic (exact) mass is 360 g/mol. The van der Waals surface area contributed by atoms with Crippen LogP contribution in [0.1, 0.15) is 43.7 Å². The van der Waals surface area contributed by atoms with Gasteiger partial charge in [-0.1, -0.05) is 42.5 Å². The summed E-state index contributed by atoms with van der Waals surface area (Å²) in [6.07, 6.45) is 0.760. The minimum Gasteiger partial charge on any atom is -0.507 e. The van der Waals surface area contributed by atoms with Gasteiger partial charge >= 0.3 is 5.97 Å². The van der Waals surface area contributed by atoms with Gasteiger partial charge in [-0.25, -0.2) is 4.79 Å². The number of phenolic OH excluding ortho intramolecular Hbond substituents is 1. The summed E-state index contributed by atoms with van der Waals surface area (Å²) in [4.78, 5) is 12.4. The SMILES string of the molecule is Cc1cc(Cc2cc(C)c(OC(=O)c3ccccc3)c(C)c2)cc(C)c1O. The Labute approximate surface area is 160 Å². The van der Waals surface area contributed by atoms with E-state index in [1.54, 1.807) is 12.1 Å². The predicted octanol–water partition coefficient (Wildman–Crippen LogP) is 5.44. The smallest absolute Gasteiger partial charge is 0.343 e. The standard InChI is InChI=1S/C24H24O3/c1-15-10-19(11-16(2)22(15)25)14-20-12-17(3)23(18(4)13-20)27-24(26)21-8-6-5-7-9-21/h5-13,25H,14H2,1-4H3. The predicted molar refractivity (Wildman–Crippen MR) is 108 cm³/mol. The van der Waals surface area contributed by atoms with E-state index in [2.05, 4.69) is 12.1 Å². The Hall–Kier alpha value is -3.07. The van der Waals surface area contributed by atoms with Crippen LogP contribution in [0.5, 0.6) is 11.5 Å². The molecule has 0 amide bonds. The minimum atomic E-state index is -0.348. The van der Waals surface area contributed by atoms with E-state index in [4.69, 9.17) is 4.74 Å². The summed E-state index contributed by atoms with van der Waals surface area (Å²) in [5, 5.41) is 9.95. The Morgan fingerprint density at radius 1 is 0.815 bits per heavy atom. The molecule has 0 spiro atoms. The summed E-state index contributed by atoms with van der Waals surface area (Å²) in [6.45, 7) is 7.73. The molecule has 0 saturated heterocycles. The zero-order valence-corrected chi connectivity index (χ0v) is 16.2. The molecule has 0 aromatic heterocycles. The molecule has 0 saturated carbocycles. The lowest BCUT2D eigenvalue weighted by atomic mass is 9.97. The van der Waals surface area contributed by atoms with Gasteiger partial charge in [0.1, 0.15) is 11.5 Å². The molecule has 1 N–H and O–H groups in total. The van der Waals surface area contributed by atoms with Crippen LogP contribution in [0.15, 0.2) is 54.6 Å². The Kier molecular flexibility index (Phi) is 5.31. The molecule has 27 heavy (non-hydrogen) atoms. The van der Waals surface area contributed by atoms with Crippen molar-refractivity contribution in [1.82, 2.24) is 0 Å². The summed E-state index contributed by atoms with van der Waals surface area (Å²) in [6, 6.07) is 17.1. The zero-order valence-electron chi connectivity index (χ0n) is 16.2. The topological polar surface area (TPSA) is 46.5 Å². The molecule has 0 aliphatic rings. The van der Waals surface area contributed by atoms with Crippen LogP contribution in [0.2, 0.25) is 0 Å². The lowest BCUT2D eigenvalue weighted by Crippen LogP contribution is -2.10. The van der Waals surface area contributed by atoms with Crippen molar-refractivity contribution in [2.45, 2.75) is 34.1 Å². The Bertz CT molecular complexity index is 942. The highest BCUT2D eigenvalue weighted by atomic mass is 16.5. The first-order valence-electron chi connectivity index (χ1n) is 9.01. The van der Waals surface area contributed by atoms with Crippen LogP contribution < -0.4 is 4.74 Å². The molecule has 3 aromatic rings. The van der Waals surface area contributed by atoms with Crippen LogP contribution in [0.4, 0.5) is 0 Å². The molecule has 3 nitrogen and oxygen atoms in total. The van der Waals surface area contributed by atoms with Gasteiger partial charge in [0, 0.05) is 0 Å². The van der Waals surface area contributed by atoms with E-state index in [9.17, 15) is 9.90 Å². The largest absolute Gasteiger partial charge is 0.507 e. The molecule has 0 bridgehead atoms. The van der Waals surface area contributed by atoms with Gasteiger partial charge in [-0.15, -0.1) is 0 Å². The Morgan fingerprint density at radius 3 is 1.81 bits per heavy atom. The number of aromatic hydroxyl groups is 1. The molecule has 138 valence electrons. The van der Waals surface area contributed by atoms with E-state index in [0.717, 1.165) is 39.8 Å². The summed E-state index contributed by atoms with van der Waals surface area (Å²) >= 11 is 0. The Morgan fingerprint density at radius 2 is 1.30 bits per heavy atom. The number of ether oxygens (including phenoxy) is 1. The number of carbonyl (C=O) groups excluding carboxylic acids is 1. The summed E-state index contributed by atoms with van der Waals surface area (Å²) in [5.74, 6) is 0.624. The van der Waals surface area contributed by atoms with Crippen LogP contribution in [-0.4, -0.2) is 11.1 Å². The molecule has 0 aliphatic heterocycles. The van der Waals surface area contributed by atoms with Gasteiger partial charge < -0.3 is 9.84 Å². The van der Waals surface area contributed by atoms with Gasteiger partial charge in [0.05, 0.1) is 5.56 Å². The van der Waals surface area contributed by atoms with Crippen molar-refractivity contribution in [3.8, 4) is 11.5 Å². The first-order valence-corrected chi connectivity index (χ1v) is 9.01. The number of rotatable bonds is 4. The minimum absolute atomic E-state index is 0.348. The molecule has 0 aliphatic carbocycles. The second-order valence-corrected chi connectivity index (χ2v) is 7.07. The van der Waals surface area contributed by atoms with Crippen molar-refractivity contribution in [2.24, 2.45) is 0 Å². The number of benzene rings is 3. The maximum Gasteiger partial charge on any atom is 0.343 e. The number of phenols is 1. The maximum absolute atomic E-state index is 12.4. The van der Waals surface area contributed by atoms with Crippen molar-refractivity contribution >= 4 is 5.97 Å². The van der Waals surface area contributed by atoms with Crippen molar-refractivity contribution < 1.29 is 14.6 Å².